The van der Waals surface area contributed by atoms with E-state index in [9.17, 15) is 4.79 Å². The zero-order valence-corrected chi connectivity index (χ0v) is 15.4. The molecule has 0 radical (unpaired) electrons. The van der Waals surface area contributed by atoms with Crippen molar-refractivity contribution in [3.63, 3.8) is 0 Å². The van der Waals surface area contributed by atoms with Gasteiger partial charge in [-0.25, -0.2) is 4.79 Å². The minimum absolute atomic E-state index is 0.152. The lowest BCUT2D eigenvalue weighted by Crippen LogP contribution is -2.43. The Kier molecular flexibility index (Phi) is 7.19. The average molecular weight is 325 g/mol. The number of hydrogen-bond acceptors (Lipinski definition) is 3. The highest BCUT2D eigenvalue weighted by molar-refractivity contribution is 5.68. The Morgan fingerprint density at radius 3 is 2.30 bits per heavy atom. The third-order valence-electron chi connectivity index (χ3n) is 5.15. The summed E-state index contributed by atoms with van der Waals surface area (Å²) in [5.74, 6) is 1.67. The van der Waals surface area contributed by atoms with Gasteiger partial charge in [-0.3, -0.25) is 0 Å². The Bertz CT molecular complexity index is 351. The summed E-state index contributed by atoms with van der Waals surface area (Å²) in [7, 11) is 0. The second-order valence-electron chi connectivity index (χ2n) is 8.41. The van der Waals surface area contributed by atoms with Crippen LogP contribution in [0.5, 0.6) is 0 Å². The molecule has 0 aromatic heterocycles. The van der Waals surface area contributed by atoms with Gasteiger partial charge in [-0.15, -0.1) is 0 Å². The first-order chi connectivity index (χ1) is 10.9. The van der Waals surface area contributed by atoms with Gasteiger partial charge < -0.3 is 15.0 Å². The largest absolute Gasteiger partial charge is 0.444 e. The van der Waals surface area contributed by atoms with Gasteiger partial charge in [0.25, 0.3) is 0 Å². The third-order valence-corrected chi connectivity index (χ3v) is 5.15. The van der Waals surface area contributed by atoms with Crippen LogP contribution >= 0.6 is 0 Å². The second-order valence-corrected chi connectivity index (χ2v) is 8.41. The molecule has 1 saturated carbocycles. The standard InChI is InChI=1S/C19H36N2O2/c1-19(2,3)23-18(22)21-13-10-17(11-14-21)15-20-12-9-16-7-5-4-6-8-16/h16-17,20H,4-15H2,1-3H3. The molecule has 1 aliphatic heterocycles. The van der Waals surface area contributed by atoms with Crippen molar-refractivity contribution < 1.29 is 9.53 Å². The van der Waals surface area contributed by atoms with E-state index in [4.69, 9.17) is 4.74 Å². The van der Waals surface area contributed by atoms with Crippen molar-refractivity contribution in [3.05, 3.63) is 0 Å². The predicted molar refractivity (Wildman–Crippen MR) is 94.6 cm³/mol. The van der Waals surface area contributed by atoms with Gasteiger partial charge in [-0.1, -0.05) is 32.1 Å². The highest BCUT2D eigenvalue weighted by Crippen LogP contribution is 2.26. The van der Waals surface area contributed by atoms with E-state index >= 15 is 0 Å². The topological polar surface area (TPSA) is 41.6 Å². The lowest BCUT2D eigenvalue weighted by Gasteiger charge is -2.33. The molecule has 1 aliphatic carbocycles. The summed E-state index contributed by atoms with van der Waals surface area (Å²) < 4.78 is 5.45. The number of ether oxygens (including phenoxy) is 1. The molecule has 1 saturated heterocycles. The first-order valence-corrected chi connectivity index (χ1v) is 9.63. The minimum Gasteiger partial charge on any atom is -0.444 e. The van der Waals surface area contributed by atoms with Crippen LogP contribution in [-0.2, 0) is 4.74 Å². The van der Waals surface area contributed by atoms with Crippen LogP contribution < -0.4 is 5.32 Å². The van der Waals surface area contributed by atoms with Crippen LogP contribution in [0.4, 0.5) is 4.79 Å². The highest BCUT2D eigenvalue weighted by atomic mass is 16.6. The SMILES string of the molecule is CC(C)(C)OC(=O)N1CCC(CNCCC2CCCCC2)CC1. The van der Waals surface area contributed by atoms with E-state index in [1.807, 2.05) is 25.7 Å². The van der Waals surface area contributed by atoms with Crippen LogP contribution in [0.1, 0.15) is 72.1 Å². The zero-order valence-electron chi connectivity index (χ0n) is 15.4. The van der Waals surface area contributed by atoms with Crippen LogP contribution in [0, 0.1) is 11.8 Å². The number of rotatable bonds is 5. The maximum atomic E-state index is 12.0. The lowest BCUT2D eigenvalue weighted by molar-refractivity contribution is 0.0184. The number of amides is 1. The molecular weight excluding hydrogens is 288 g/mol. The van der Waals surface area contributed by atoms with Crippen LogP contribution in [-0.4, -0.2) is 42.8 Å². The molecule has 2 rings (SSSR count). The molecule has 0 aromatic rings. The van der Waals surface area contributed by atoms with E-state index in [0.29, 0.717) is 5.92 Å². The van der Waals surface area contributed by atoms with Gasteiger partial charge in [-0.05, 0) is 65.0 Å². The fourth-order valence-corrected chi connectivity index (χ4v) is 3.73. The van der Waals surface area contributed by atoms with Crippen LogP contribution in [0.25, 0.3) is 0 Å². The Labute approximate surface area is 142 Å². The van der Waals surface area contributed by atoms with E-state index in [0.717, 1.165) is 44.9 Å². The van der Waals surface area contributed by atoms with Crippen molar-refractivity contribution >= 4 is 6.09 Å². The Balaban J connectivity index is 1.55. The number of carbonyl (C=O) groups excluding carboxylic acids is 1. The van der Waals surface area contributed by atoms with Gasteiger partial charge in [0, 0.05) is 13.1 Å². The molecule has 2 aliphatic rings. The molecule has 1 heterocycles. The fraction of sp³-hybridized carbons (Fsp3) is 0.947. The van der Waals surface area contributed by atoms with Gasteiger partial charge in [0.05, 0.1) is 0 Å². The predicted octanol–water partition coefficient (Wildman–Crippen LogP) is 4.19. The van der Waals surface area contributed by atoms with Gasteiger partial charge >= 0.3 is 6.09 Å². The number of piperidine rings is 1. The number of hydrogen-bond donors (Lipinski definition) is 1. The normalized spacial score (nSPS) is 21.4. The van der Waals surface area contributed by atoms with Gasteiger partial charge in [0.1, 0.15) is 5.60 Å². The molecule has 4 heteroatoms. The van der Waals surface area contributed by atoms with E-state index in [2.05, 4.69) is 5.32 Å². The zero-order chi connectivity index (χ0) is 16.7. The summed E-state index contributed by atoms with van der Waals surface area (Å²) in [6.45, 7) is 9.72. The monoisotopic (exact) mass is 324 g/mol. The van der Waals surface area contributed by atoms with Crippen molar-refractivity contribution in [3.8, 4) is 0 Å². The van der Waals surface area contributed by atoms with Crippen molar-refractivity contribution in [2.45, 2.75) is 77.7 Å². The van der Waals surface area contributed by atoms with Crippen LogP contribution in [0.15, 0.2) is 0 Å². The number of likely N-dealkylation sites (tertiary alicyclic amines) is 1. The molecule has 23 heavy (non-hydrogen) atoms. The molecule has 0 atom stereocenters. The molecule has 0 spiro atoms. The summed E-state index contributed by atoms with van der Waals surface area (Å²) >= 11 is 0. The fourth-order valence-electron chi connectivity index (χ4n) is 3.73. The highest BCUT2D eigenvalue weighted by Gasteiger charge is 2.26. The van der Waals surface area contributed by atoms with E-state index in [1.165, 1.54) is 38.5 Å². The third kappa shape index (κ3) is 7.11. The lowest BCUT2D eigenvalue weighted by atomic mass is 9.87. The smallest absolute Gasteiger partial charge is 0.410 e. The van der Waals surface area contributed by atoms with E-state index in [1.54, 1.807) is 0 Å². The quantitative estimate of drug-likeness (QED) is 0.771. The molecule has 0 aromatic carbocycles. The first-order valence-electron chi connectivity index (χ1n) is 9.63. The van der Waals surface area contributed by atoms with Crippen molar-refractivity contribution in [1.82, 2.24) is 10.2 Å². The summed E-state index contributed by atoms with van der Waals surface area (Å²) in [4.78, 5) is 13.9. The molecule has 4 nitrogen and oxygen atoms in total. The Hall–Kier alpha value is -0.770. The van der Waals surface area contributed by atoms with E-state index < -0.39 is 5.60 Å². The Morgan fingerprint density at radius 1 is 1.04 bits per heavy atom. The van der Waals surface area contributed by atoms with Gasteiger partial charge in [0.2, 0.25) is 0 Å². The maximum absolute atomic E-state index is 12.0. The maximum Gasteiger partial charge on any atom is 0.410 e. The first kappa shape index (κ1) is 18.6. The molecule has 0 bridgehead atoms. The van der Waals surface area contributed by atoms with Gasteiger partial charge in [0.15, 0.2) is 0 Å². The molecular formula is C19H36N2O2. The summed E-state index contributed by atoms with van der Waals surface area (Å²) in [5, 5.41) is 3.65. The molecule has 1 N–H and O–H groups in total. The molecule has 0 unspecified atom stereocenters. The van der Waals surface area contributed by atoms with Crippen LogP contribution in [0.3, 0.4) is 0 Å². The summed E-state index contributed by atoms with van der Waals surface area (Å²) in [5.41, 5.74) is -0.394. The number of carbonyl (C=O) groups is 1. The average Bonchev–Trinajstić information content (AvgIpc) is 2.51. The van der Waals surface area contributed by atoms with Gasteiger partial charge in [-0.2, -0.15) is 0 Å². The summed E-state index contributed by atoms with van der Waals surface area (Å²) in [6, 6.07) is 0. The number of nitrogens with zero attached hydrogens (tertiary/aromatic N) is 1. The van der Waals surface area contributed by atoms with Crippen LogP contribution in [0.2, 0.25) is 0 Å². The molecule has 134 valence electrons. The molecule has 2 fully saturated rings. The van der Waals surface area contributed by atoms with Crippen molar-refractivity contribution in [1.29, 1.82) is 0 Å². The van der Waals surface area contributed by atoms with E-state index in [-0.39, 0.29) is 6.09 Å². The van der Waals surface area contributed by atoms with Crippen molar-refractivity contribution in [2.24, 2.45) is 11.8 Å². The minimum atomic E-state index is -0.394. The second kappa shape index (κ2) is 8.91. The molecule has 1 amide bonds. The van der Waals surface area contributed by atoms with Crippen molar-refractivity contribution in [2.75, 3.05) is 26.2 Å². The Morgan fingerprint density at radius 2 is 1.70 bits per heavy atom. The summed E-state index contributed by atoms with van der Waals surface area (Å²) in [6.07, 6.45) is 10.6. The number of nitrogens with one attached hydrogen (secondary N) is 1.